The lowest BCUT2D eigenvalue weighted by molar-refractivity contribution is -0.138. The van der Waals surface area contributed by atoms with Gasteiger partial charge in [-0.2, -0.15) is 0 Å². The molecular formula is C28H34N2O5. The molecule has 2 aromatic rings. The average Bonchev–Trinajstić information content (AvgIpc) is 3.19. The predicted octanol–water partition coefficient (Wildman–Crippen LogP) is 4.85. The van der Waals surface area contributed by atoms with E-state index >= 15 is 0 Å². The highest BCUT2D eigenvalue weighted by molar-refractivity contribution is 5.84. The molecule has 4 rings (SSSR count). The van der Waals surface area contributed by atoms with E-state index in [9.17, 15) is 14.4 Å². The van der Waals surface area contributed by atoms with Gasteiger partial charge >= 0.3 is 12.1 Å². The minimum absolute atomic E-state index is 0.00640. The van der Waals surface area contributed by atoms with Crippen LogP contribution in [0.3, 0.4) is 0 Å². The molecule has 0 spiro atoms. The third-order valence-corrected chi connectivity index (χ3v) is 7.38. The third-order valence-electron chi connectivity index (χ3n) is 7.38. The van der Waals surface area contributed by atoms with Gasteiger partial charge in [-0.25, -0.2) is 4.79 Å². The topological polar surface area (TPSA) is 105 Å². The molecule has 2 aromatic carbocycles. The molecule has 0 saturated heterocycles. The largest absolute Gasteiger partial charge is 0.481 e. The second kappa shape index (κ2) is 10.9. The Kier molecular flexibility index (Phi) is 7.73. The Hall–Kier alpha value is -3.35. The summed E-state index contributed by atoms with van der Waals surface area (Å²) in [4.78, 5) is 36.7. The molecule has 1 atom stereocenters. The van der Waals surface area contributed by atoms with Crippen LogP contribution >= 0.6 is 0 Å². The van der Waals surface area contributed by atoms with Crippen molar-refractivity contribution in [1.29, 1.82) is 0 Å². The van der Waals surface area contributed by atoms with Gasteiger partial charge in [0, 0.05) is 24.9 Å². The van der Waals surface area contributed by atoms with Crippen LogP contribution in [-0.4, -0.2) is 42.3 Å². The highest BCUT2D eigenvalue weighted by Crippen LogP contribution is 2.44. The van der Waals surface area contributed by atoms with Crippen molar-refractivity contribution < 1.29 is 24.2 Å². The lowest BCUT2D eigenvalue weighted by atomic mass is 9.73. The summed E-state index contributed by atoms with van der Waals surface area (Å²) in [7, 11) is 0. The number of amides is 2. The van der Waals surface area contributed by atoms with Crippen LogP contribution in [0, 0.1) is 5.41 Å². The summed E-state index contributed by atoms with van der Waals surface area (Å²) in [6, 6.07) is 16.1. The second-order valence-corrected chi connectivity index (χ2v) is 9.83. The predicted molar refractivity (Wildman–Crippen MR) is 133 cm³/mol. The van der Waals surface area contributed by atoms with Crippen LogP contribution in [0.4, 0.5) is 4.79 Å². The van der Waals surface area contributed by atoms with Crippen molar-refractivity contribution in [3.05, 3.63) is 59.7 Å². The molecule has 1 fully saturated rings. The van der Waals surface area contributed by atoms with Crippen molar-refractivity contribution in [3.8, 4) is 11.1 Å². The zero-order valence-corrected chi connectivity index (χ0v) is 20.2. The summed E-state index contributed by atoms with van der Waals surface area (Å²) in [6.45, 7) is 2.25. The van der Waals surface area contributed by atoms with Crippen molar-refractivity contribution in [2.75, 3.05) is 13.2 Å². The second-order valence-electron chi connectivity index (χ2n) is 9.83. The first kappa shape index (κ1) is 24.8. The number of carboxylic acids is 1. The summed E-state index contributed by atoms with van der Waals surface area (Å²) in [6.07, 6.45) is 4.14. The standard InChI is InChI=1S/C28H34N2O5/c1-19(13-14-25(31)32)30-26(33)28(15-7-2-8-16-28)18-29-27(34)35-17-24-22-11-5-3-9-20(22)21-10-4-6-12-23(21)24/h3-6,9-12,19,24H,2,7-8,13-18H2,1H3,(H,29,34)(H,30,33)(H,31,32). The molecule has 7 heteroatoms. The maximum Gasteiger partial charge on any atom is 0.407 e. The summed E-state index contributed by atoms with van der Waals surface area (Å²) in [5.41, 5.74) is 3.96. The van der Waals surface area contributed by atoms with E-state index in [1.807, 2.05) is 31.2 Å². The molecule has 1 saturated carbocycles. The molecule has 0 heterocycles. The number of fused-ring (bicyclic) bond motifs is 3. The lowest BCUT2D eigenvalue weighted by Gasteiger charge is -2.36. The summed E-state index contributed by atoms with van der Waals surface area (Å²) < 4.78 is 5.65. The third kappa shape index (κ3) is 5.66. The van der Waals surface area contributed by atoms with E-state index in [1.54, 1.807) is 0 Å². The molecule has 1 unspecified atom stereocenters. The Bertz CT molecular complexity index is 1030. The first-order valence-corrected chi connectivity index (χ1v) is 12.5. The molecule has 2 aliphatic rings. The molecule has 0 aliphatic heterocycles. The number of benzene rings is 2. The Morgan fingerprint density at radius 1 is 1.00 bits per heavy atom. The number of carbonyl (C=O) groups is 3. The number of alkyl carbamates (subject to hydrolysis) is 1. The van der Waals surface area contributed by atoms with Gasteiger partial charge in [-0.05, 0) is 48.4 Å². The Morgan fingerprint density at radius 3 is 2.20 bits per heavy atom. The fraction of sp³-hybridized carbons (Fsp3) is 0.464. The van der Waals surface area contributed by atoms with Gasteiger partial charge in [0.1, 0.15) is 6.61 Å². The molecule has 2 amide bonds. The number of hydrogen-bond donors (Lipinski definition) is 3. The van der Waals surface area contributed by atoms with E-state index in [0.29, 0.717) is 19.3 Å². The fourth-order valence-corrected chi connectivity index (χ4v) is 5.39. The van der Waals surface area contributed by atoms with Crippen LogP contribution < -0.4 is 10.6 Å². The molecule has 0 radical (unpaired) electrons. The van der Waals surface area contributed by atoms with Crippen molar-refractivity contribution in [1.82, 2.24) is 10.6 Å². The molecule has 186 valence electrons. The van der Waals surface area contributed by atoms with E-state index < -0.39 is 17.5 Å². The van der Waals surface area contributed by atoms with Crippen molar-refractivity contribution in [2.45, 2.75) is 63.8 Å². The summed E-state index contributed by atoms with van der Waals surface area (Å²) in [5, 5.41) is 14.7. The van der Waals surface area contributed by atoms with Gasteiger partial charge < -0.3 is 20.5 Å². The average molecular weight is 479 g/mol. The lowest BCUT2D eigenvalue weighted by Crippen LogP contribution is -2.51. The normalized spacial score (nSPS) is 17.1. The number of hydrogen-bond acceptors (Lipinski definition) is 4. The Morgan fingerprint density at radius 2 is 1.60 bits per heavy atom. The van der Waals surface area contributed by atoms with Gasteiger partial charge in [-0.1, -0.05) is 67.8 Å². The molecule has 0 aromatic heterocycles. The number of nitrogens with one attached hydrogen (secondary N) is 2. The zero-order valence-electron chi connectivity index (χ0n) is 20.2. The first-order valence-electron chi connectivity index (χ1n) is 12.5. The number of ether oxygens (including phenoxy) is 1. The Labute approximate surface area is 206 Å². The van der Waals surface area contributed by atoms with E-state index in [0.717, 1.165) is 30.4 Å². The van der Waals surface area contributed by atoms with E-state index in [4.69, 9.17) is 9.84 Å². The maximum atomic E-state index is 13.2. The molecule has 3 N–H and O–H groups in total. The smallest absolute Gasteiger partial charge is 0.407 e. The van der Waals surface area contributed by atoms with Crippen LogP contribution in [-0.2, 0) is 14.3 Å². The zero-order chi connectivity index (χ0) is 24.8. The number of aliphatic carboxylic acids is 1. The Balaban J connectivity index is 1.36. The first-order chi connectivity index (χ1) is 16.9. The van der Waals surface area contributed by atoms with E-state index in [-0.39, 0.29) is 37.4 Å². The van der Waals surface area contributed by atoms with E-state index in [2.05, 4.69) is 34.9 Å². The molecule has 7 nitrogen and oxygen atoms in total. The van der Waals surface area contributed by atoms with Crippen LogP contribution in [0.5, 0.6) is 0 Å². The molecular weight excluding hydrogens is 444 g/mol. The summed E-state index contributed by atoms with van der Waals surface area (Å²) >= 11 is 0. The van der Waals surface area contributed by atoms with Crippen LogP contribution in [0.15, 0.2) is 48.5 Å². The quantitative estimate of drug-likeness (QED) is 0.478. The highest BCUT2D eigenvalue weighted by atomic mass is 16.5. The molecule has 2 aliphatic carbocycles. The SMILES string of the molecule is CC(CCC(=O)O)NC(=O)C1(CNC(=O)OCC2c3ccccc3-c3ccccc32)CCCCC1. The number of rotatable bonds is 9. The van der Waals surface area contributed by atoms with Gasteiger partial charge in [0.2, 0.25) is 5.91 Å². The minimum Gasteiger partial charge on any atom is -0.481 e. The van der Waals surface area contributed by atoms with Gasteiger partial charge in [-0.15, -0.1) is 0 Å². The molecule has 0 bridgehead atoms. The number of carboxylic acid groups (broad SMARTS) is 1. The maximum absolute atomic E-state index is 13.2. The monoisotopic (exact) mass is 478 g/mol. The summed E-state index contributed by atoms with van der Waals surface area (Å²) in [5.74, 6) is -1.01. The van der Waals surface area contributed by atoms with Crippen LogP contribution in [0.25, 0.3) is 11.1 Å². The van der Waals surface area contributed by atoms with Crippen molar-refractivity contribution >= 4 is 18.0 Å². The van der Waals surface area contributed by atoms with Gasteiger partial charge in [-0.3, -0.25) is 9.59 Å². The highest BCUT2D eigenvalue weighted by Gasteiger charge is 2.40. The van der Waals surface area contributed by atoms with Crippen LogP contribution in [0.2, 0.25) is 0 Å². The van der Waals surface area contributed by atoms with Crippen LogP contribution in [0.1, 0.15) is 68.9 Å². The van der Waals surface area contributed by atoms with Gasteiger partial charge in [0.15, 0.2) is 0 Å². The fourth-order valence-electron chi connectivity index (χ4n) is 5.39. The van der Waals surface area contributed by atoms with E-state index in [1.165, 1.54) is 11.1 Å². The molecule has 35 heavy (non-hydrogen) atoms. The van der Waals surface area contributed by atoms with Crippen molar-refractivity contribution in [2.24, 2.45) is 5.41 Å². The van der Waals surface area contributed by atoms with Crippen molar-refractivity contribution in [3.63, 3.8) is 0 Å². The van der Waals surface area contributed by atoms with Gasteiger partial charge in [0.05, 0.1) is 5.41 Å². The number of carbonyl (C=O) groups excluding carboxylic acids is 2. The van der Waals surface area contributed by atoms with Gasteiger partial charge in [0.25, 0.3) is 0 Å². The minimum atomic E-state index is -0.879.